The molecule has 0 spiro atoms. The second-order valence-corrected chi connectivity index (χ2v) is 5.48. The average molecular weight is 247 g/mol. The van der Waals surface area contributed by atoms with Gasteiger partial charge in [-0.15, -0.1) is 0 Å². The monoisotopic (exact) mass is 247 g/mol. The van der Waals surface area contributed by atoms with Crippen LogP contribution in [0, 0.1) is 0 Å². The van der Waals surface area contributed by atoms with Crippen LogP contribution < -0.4 is 0 Å². The van der Waals surface area contributed by atoms with Crippen molar-refractivity contribution in [3.05, 3.63) is 12.4 Å². The lowest BCUT2D eigenvalue weighted by Gasteiger charge is -2.12. The summed E-state index contributed by atoms with van der Waals surface area (Å²) in [5.74, 6) is 0. The predicted octanol–water partition coefficient (Wildman–Crippen LogP) is -0.0941. The number of aryl methyl sites for hydroxylation is 1. The molecule has 6 nitrogen and oxygen atoms in total. The van der Waals surface area contributed by atoms with Crippen molar-refractivity contribution >= 4 is 10.0 Å². The minimum absolute atomic E-state index is 0.0663. The number of nitrogens with zero attached hydrogens (tertiary/aromatic N) is 3. The fourth-order valence-electron chi connectivity index (χ4n) is 1.18. The normalized spacial score (nSPS) is 12.2. The fourth-order valence-corrected chi connectivity index (χ4v) is 2.32. The Morgan fingerprint density at radius 1 is 1.56 bits per heavy atom. The van der Waals surface area contributed by atoms with Crippen molar-refractivity contribution in [1.29, 1.82) is 0 Å². The van der Waals surface area contributed by atoms with E-state index in [0.717, 1.165) is 0 Å². The van der Waals surface area contributed by atoms with Gasteiger partial charge < -0.3 is 5.11 Å². The molecule has 0 amide bonds. The van der Waals surface area contributed by atoms with Crippen molar-refractivity contribution < 1.29 is 13.5 Å². The summed E-state index contributed by atoms with van der Waals surface area (Å²) in [6, 6.07) is 0. The van der Waals surface area contributed by atoms with Crippen LogP contribution in [0.1, 0.15) is 13.3 Å². The lowest BCUT2D eigenvalue weighted by Crippen LogP contribution is -2.26. The van der Waals surface area contributed by atoms with E-state index in [-0.39, 0.29) is 11.5 Å². The quantitative estimate of drug-likeness (QED) is 0.762. The highest BCUT2D eigenvalue weighted by molar-refractivity contribution is 7.89. The maximum absolute atomic E-state index is 11.9. The summed E-state index contributed by atoms with van der Waals surface area (Å²) in [5, 5.41) is 12.6. The number of rotatable bonds is 6. The van der Waals surface area contributed by atoms with Gasteiger partial charge in [0.05, 0.1) is 6.20 Å². The highest BCUT2D eigenvalue weighted by Crippen LogP contribution is 2.12. The maximum Gasteiger partial charge on any atom is 0.245 e. The molecule has 1 rings (SSSR count). The maximum atomic E-state index is 11.9. The zero-order chi connectivity index (χ0) is 12.2. The molecule has 0 radical (unpaired) electrons. The highest BCUT2D eigenvalue weighted by atomic mass is 32.2. The van der Waals surface area contributed by atoms with E-state index in [2.05, 4.69) is 5.10 Å². The fraction of sp³-hybridized carbons (Fsp3) is 0.667. The van der Waals surface area contributed by atoms with Crippen molar-refractivity contribution in [1.82, 2.24) is 14.1 Å². The van der Waals surface area contributed by atoms with Crippen LogP contribution in [0.25, 0.3) is 0 Å². The van der Waals surface area contributed by atoms with E-state index in [1.165, 1.54) is 28.4 Å². The second kappa shape index (κ2) is 5.42. The molecule has 0 aliphatic heterocycles. The summed E-state index contributed by atoms with van der Waals surface area (Å²) in [4.78, 5) is 0.190. The molecule has 0 bridgehead atoms. The average Bonchev–Trinajstić information content (AvgIpc) is 2.74. The Bertz CT molecular complexity index is 427. The van der Waals surface area contributed by atoms with Crippen LogP contribution in [0.15, 0.2) is 17.3 Å². The zero-order valence-corrected chi connectivity index (χ0v) is 10.3. The third-order valence-corrected chi connectivity index (χ3v) is 4.19. The Morgan fingerprint density at radius 3 is 2.81 bits per heavy atom. The molecule has 16 heavy (non-hydrogen) atoms. The highest BCUT2D eigenvalue weighted by Gasteiger charge is 2.20. The molecule has 0 aromatic carbocycles. The summed E-state index contributed by atoms with van der Waals surface area (Å²) in [7, 11) is -1.88. The second-order valence-electron chi connectivity index (χ2n) is 3.44. The number of hydrogen-bond donors (Lipinski definition) is 1. The molecular formula is C9H17N3O3S. The minimum atomic E-state index is -3.41. The first-order valence-electron chi connectivity index (χ1n) is 5.12. The van der Waals surface area contributed by atoms with Crippen LogP contribution in [0.5, 0.6) is 0 Å². The van der Waals surface area contributed by atoms with Crippen LogP contribution in [-0.2, 0) is 16.6 Å². The molecule has 0 aliphatic rings. The third-order valence-electron chi connectivity index (χ3n) is 2.31. The molecular weight excluding hydrogens is 230 g/mol. The van der Waals surface area contributed by atoms with Crippen LogP contribution in [0.4, 0.5) is 0 Å². The molecule has 0 aliphatic carbocycles. The van der Waals surface area contributed by atoms with Gasteiger partial charge in [0.1, 0.15) is 4.90 Å². The largest absolute Gasteiger partial charge is 0.396 e. The van der Waals surface area contributed by atoms with Crippen molar-refractivity contribution in [3.63, 3.8) is 0 Å². The zero-order valence-electron chi connectivity index (χ0n) is 9.50. The predicted molar refractivity (Wildman–Crippen MR) is 59.4 cm³/mol. The SMILES string of the molecule is CCN(C)S(=O)(=O)c1cnn(CCCO)c1. The Balaban J connectivity index is 2.85. The van der Waals surface area contributed by atoms with Crippen LogP contribution >= 0.6 is 0 Å². The molecule has 0 fully saturated rings. The number of hydrogen-bond acceptors (Lipinski definition) is 4. The van der Waals surface area contributed by atoms with Gasteiger partial charge in [-0.2, -0.15) is 5.10 Å². The smallest absolute Gasteiger partial charge is 0.245 e. The molecule has 1 N–H and O–H groups in total. The number of sulfonamides is 1. The van der Waals surface area contributed by atoms with E-state index in [9.17, 15) is 8.42 Å². The van der Waals surface area contributed by atoms with Gasteiger partial charge in [-0.1, -0.05) is 6.92 Å². The van der Waals surface area contributed by atoms with Gasteiger partial charge in [-0.3, -0.25) is 4.68 Å². The van der Waals surface area contributed by atoms with E-state index in [0.29, 0.717) is 19.5 Å². The minimum Gasteiger partial charge on any atom is -0.396 e. The van der Waals surface area contributed by atoms with Crippen LogP contribution in [-0.4, -0.2) is 47.8 Å². The summed E-state index contributed by atoms with van der Waals surface area (Å²) in [6.45, 7) is 2.77. The lowest BCUT2D eigenvalue weighted by atomic mass is 10.5. The molecule has 1 aromatic rings. The number of aliphatic hydroxyl groups is 1. The molecule has 0 saturated carbocycles. The van der Waals surface area contributed by atoms with E-state index >= 15 is 0 Å². The first-order valence-corrected chi connectivity index (χ1v) is 6.56. The van der Waals surface area contributed by atoms with Crippen LogP contribution in [0.2, 0.25) is 0 Å². The first kappa shape index (κ1) is 13.1. The van der Waals surface area contributed by atoms with Crippen molar-refractivity contribution in [2.45, 2.75) is 24.8 Å². The van der Waals surface area contributed by atoms with E-state index < -0.39 is 10.0 Å². The Labute approximate surface area is 95.5 Å². The Morgan fingerprint density at radius 2 is 2.25 bits per heavy atom. The molecule has 1 heterocycles. The Hall–Kier alpha value is -0.920. The van der Waals surface area contributed by atoms with Crippen LogP contribution in [0.3, 0.4) is 0 Å². The lowest BCUT2D eigenvalue weighted by molar-refractivity contribution is 0.277. The third kappa shape index (κ3) is 2.81. The van der Waals surface area contributed by atoms with Crippen molar-refractivity contribution in [3.8, 4) is 0 Å². The molecule has 1 aromatic heterocycles. The summed E-state index contributed by atoms with van der Waals surface area (Å²) >= 11 is 0. The van der Waals surface area contributed by atoms with Crippen molar-refractivity contribution in [2.75, 3.05) is 20.2 Å². The van der Waals surface area contributed by atoms with E-state index in [1.54, 1.807) is 6.92 Å². The van der Waals surface area contributed by atoms with E-state index in [4.69, 9.17) is 5.11 Å². The topological polar surface area (TPSA) is 75.4 Å². The van der Waals surface area contributed by atoms with Crippen molar-refractivity contribution in [2.24, 2.45) is 0 Å². The number of aliphatic hydroxyl groups excluding tert-OH is 1. The molecule has 0 atom stereocenters. The van der Waals surface area contributed by atoms with Gasteiger partial charge in [0.25, 0.3) is 0 Å². The van der Waals surface area contributed by atoms with Gasteiger partial charge in [0.2, 0.25) is 10.0 Å². The summed E-state index contributed by atoms with van der Waals surface area (Å²) in [6.07, 6.45) is 3.38. The summed E-state index contributed by atoms with van der Waals surface area (Å²) in [5.41, 5.74) is 0. The summed E-state index contributed by atoms with van der Waals surface area (Å²) < 4.78 is 26.5. The van der Waals surface area contributed by atoms with Gasteiger partial charge in [0, 0.05) is 32.9 Å². The first-order chi connectivity index (χ1) is 7.52. The van der Waals surface area contributed by atoms with Gasteiger partial charge in [-0.05, 0) is 6.42 Å². The molecule has 7 heteroatoms. The molecule has 0 unspecified atom stereocenters. The molecule has 92 valence electrons. The number of aromatic nitrogens is 2. The standard InChI is InChI=1S/C9H17N3O3S/c1-3-11(2)16(14,15)9-7-10-12(8-9)5-4-6-13/h7-8,13H,3-6H2,1-2H3. The van der Waals surface area contributed by atoms with Gasteiger partial charge in [-0.25, -0.2) is 12.7 Å². The Kier molecular flexibility index (Phi) is 4.45. The molecule has 0 saturated heterocycles. The van der Waals surface area contributed by atoms with E-state index in [1.807, 2.05) is 0 Å². The van der Waals surface area contributed by atoms with Gasteiger partial charge in [0.15, 0.2) is 0 Å². The van der Waals surface area contributed by atoms with Gasteiger partial charge >= 0.3 is 0 Å².